The molecular weight excluding hydrogens is 295 g/mol. The third-order valence-electron chi connectivity index (χ3n) is 5.64. The van der Waals surface area contributed by atoms with Crippen molar-refractivity contribution in [3.05, 3.63) is 59.9 Å². The van der Waals surface area contributed by atoms with Gasteiger partial charge >= 0.3 is 0 Å². The second-order valence-corrected chi connectivity index (χ2v) is 7.42. The second kappa shape index (κ2) is 8.46. The molecular formula is C23H29F. The third kappa shape index (κ3) is 4.69. The van der Waals surface area contributed by atoms with E-state index >= 15 is 0 Å². The van der Waals surface area contributed by atoms with Crippen molar-refractivity contribution in [2.45, 2.75) is 58.3 Å². The molecule has 0 atom stereocenters. The van der Waals surface area contributed by atoms with Crippen molar-refractivity contribution in [2.24, 2.45) is 11.8 Å². The fourth-order valence-electron chi connectivity index (χ4n) is 4.09. The van der Waals surface area contributed by atoms with Crippen LogP contribution in [0.15, 0.2) is 48.5 Å². The molecule has 3 rings (SSSR count). The third-order valence-corrected chi connectivity index (χ3v) is 5.64. The predicted octanol–water partition coefficient (Wildman–Crippen LogP) is 7.03. The Morgan fingerprint density at radius 2 is 1.25 bits per heavy atom. The first-order chi connectivity index (χ1) is 11.7. The van der Waals surface area contributed by atoms with E-state index in [1.165, 1.54) is 74.6 Å². The van der Waals surface area contributed by atoms with E-state index < -0.39 is 0 Å². The van der Waals surface area contributed by atoms with Crippen molar-refractivity contribution in [1.29, 1.82) is 0 Å². The summed E-state index contributed by atoms with van der Waals surface area (Å²) < 4.78 is 13.0. The molecule has 0 spiro atoms. The highest BCUT2D eigenvalue weighted by Crippen LogP contribution is 2.34. The molecule has 1 saturated carbocycles. The predicted molar refractivity (Wildman–Crippen MR) is 101 cm³/mol. The van der Waals surface area contributed by atoms with Gasteiger partial charge in [-0.15, -0.1) is 0 Å². The highest BCUT2D eigenvalue weighted by Gasteiger charge is 2.20. The van der Waals surface area contributed by atoms with Crippen molar-refractivity contribution in [3.63, 3.8) is 0 Å². The molecule has 0 aromatic heterocycles. The smallest absolute Gasteiger partial charge is 0.123 e. The van der Waals surface area contributed by atoms with Gasteiger partial charge < -0.3 is 0 Å². The normalized spacial score (nSPS) is 20.9. The number of hydrogen-bond donors (Lipinski definition) is 0. The molecule has 2 aromatic carbocycles. The Bertz CT molecular complexity index is 603. The van der Waals surface area contributed by atoms with Gasteiger partial charge in [-0.2, -0.15) is 0 Å². The number of aryl methyl sites for hydroxylation is 1. The maximum Gasteiger partial charge on any atom is 0.123 e. The number of halogens is 1. The topological polar surface area (TPSA) is 0 Å². The molecule has 0 aliphatic heterocycles. The minimum Gasteiger partial charge on any atom is -0.207 e. The van der Waals surface area contributed by atoms with Crippen LogP contribution < -0.4 is 0 Å². The quantitative estimate of drug-likeness (QED) is 0.535. The monoisotopic (exact) mass is 324 g/mol. The average Bonchev–Trinajstić information content (AvgIpc) is 2.63. The molecule has 1 fully saturated rings. The maximum atomic E-state index is 13.0. The van der Waals surface area contributed by atoms with Crippen LogP contribution >= 0.6 is 0 Å². The SMILES string of the molecule is CCCC1CCC(CCc2ccc(-c3ccc(F)cc3)cc2)CC1. The van der Waals surface area contributed by atoms with Crippen LogP contribution in [0.1, 0.15) is 57.4 Å². The zero-order chi connectivity index (χ0) is 16.8. The lowest BCUT2D eigenvalue weighted by Crippen LogP contribution is -2.15. The van der Waals surface area contributed by atoms with Gasteiger partial charge in [0.1, 0.15) is 5.82 Å². The summed E-state index contributed by atoms with van der Waals surface area (Å²) in [5, 5.41) is 0. The van der Waals surface area contributed by atoms with Gasteiger partial charge in [-0.25, -0.2) is 4.39 Å². The molecule has 0 amide bonds. The minimum atomic E-state index is -0.177. The summed E-state index contributed by atoms with van der Waals surface area (Å²) in [4.78, 5) is 0. The first-order valence-corrected chi connectivity index (χ1v) is 9.59. The second-order valence-electron chi connectivity index (χ2n) is 7.42. The van der Waals surface area contributed by atoms with Gasteiger partial charge in [0.05, 0.1) is 0 Å². The van der Waals surface area contributed by atoms with Crippen molar-refractivity contribution in [2.75, 3.05) is 0 Å². The summed E-state index contributed by atoms with van der Waals surface area (Å²) >= 11 is 0. The molecule has 1 aliphatic rings. The van der Waals surface area contributed by atoms with Gasteiger partial charge in [0.25, 0.3) is 0 Å². The zero-order valence-corrected chi connectivity index (χ0v) is 14.8. The van der Waals surface area contributed by atoms with Crippen molar-refractivity contribution >= 4 is 0 Å². The van der Waals surface area contributed by atoms with Crippen molar-refractivity contribution < 1.29 is 4.39 Å². The molecule has 0 unspecified atom stereocenters. The van der Waals surface area contributed by atoms with Crippen LogP contribution in [0.2, 0.25) is 0 Å². The molecule has 0 nitrogen and oxygen atoms in total. The van der Waals surface area contributed by atoms with Gasteiger partial charge in [0.15, 0.2) is 0 Å². The van der Waals surface area contributed by atoms with E-state index in [2.05, 4.69) is 31.2 Å². The zero-order valence-electron chi connectivity index (χ0n) is 14.8. The van der Waals surface area contributed by atoms with Crippen LogP contribution in [0.4, 0.5) is 4.39 Å². The Hall–Kier alpha value is -1.63. The van der Waals surface area contributed by atoms with Gasteiger partial charge in [-0.3, -0.25) is 0 Å². The minimum absolute atomic E-state index is 0.177. The Morgan fingerprint density at radius 3 is 1.79 bits per heavy atom. The van der Waals surface area contributed by atoms with Crippen LogP contribution in [-0.4, -0.2) is 0 Å². The summed E-state index contributed by atoms with van der Waals surface area (Å²) in [6.07, 6.45) is 11.0. The van der Waals surface area contributed by atoms with E-state index in [4.69, 9.17) is 0 Å². The summed E-state index contributed by atoms with van der Waals surface area (Å²) in [6.45, 7) is 2.31. The van der Waals surface area contributed by atoms with E-state index in [9.17, 15) is 4.39 Å². The van der Waals surface area contributed by atoms with E-state index in [1.54, 1.807) is 0 Å². The number of rotatable bonds is 6. The Balaban J connectivity index is 1.49. The Labute approximate surface area is 146 Å². The number of hydrogen-bond acceptors (Lipinski definition) is 0. The summed E-state index contributed by atoms with van der Waals surface area (Å²) in [5.41, 5.74) is 3.67. The molecule has 1 aliphatic carbocycles. The molecule has 0 saturated heterocycles. The maximum absolute atomic E-state index is 13.0. The largest absolute Gasteiger partial charge is 0.207 e. The molecule has 0 heterocycles. The van der Waals surface area contributed by atoms with Crippen molar-refractivity contribution in [3.8, 4) is 11.1 Å². The van der Waals surface area contributed by atoms with Crippen LogP contribution in [0, 0.1) is 17.7 Å². The molecule has 0 bridgehead atoms. The van der Waals surface area contributed by atoms with E-state index in [-0.39, 0.29) is 5.82 Å². The van der Waals surface area contributed by atoms with Crippen LogP contribution in [0.3, 0.4) is 0 Å². The Morgan fingerprint density at radius 1 is 0.750 bits per heavy atom. The standard InChI is InChI=1S/C23H29F/c1-2-3-18-4-6-19(7-5-18)8-9-20-10-12-21(13-11-20)22-14-16-23(24)17-15-22/h10-19H,2-9H2,1H3. The lowest BCUT2D eigenvalue weighted by atomic mass is 9.78. The molecule has 128 valence electrons. The lowest BCUT2D eigenvalue weighted by molar-refractivity contribution is 0.252. The molecule has 2 aromatic rings. The molecule has 1 heteroatoms. The van der Waals surface area contributed by atoms with Gasteiger partial charge in [-0.1, -0.05) is 81.8 Å². The molecule has 0 N–H and O–H groups in total. The van der Waals surface area contributed by atoms with Gasteiger partial charge in [-0.05, 0) is 53.5 Å². The van der Waals surface area contributed by atoms with Crippen molar-refractivity contribution in [1.82, 2.24) is 0 Å². The summed E-state index contributed by atoms with van der Waals surface area (Å²) in [6, 6.07) is 15.6. The first-order valence-electron chi connectivity index (χ1n) is 9.59. The lowest BCUT2D eigenvalue weighted by Gasteiger charge is -2.28. The summed E-state index contributed by atoms with van der Waals surface area (Å²) in [7, 11) is 0. The van der Waals surface area contributed by atoms with Gasteiger partial charge in [0, 0.05) is 0 Å². The fourth-order valence-corrected chi connectivity index (χ4v) is 4.09. The molecule has 24 heavy (non-hydrogen) atoms. The molecule has 0 radical (unpaired) electrons. The van der Waals surface area contributed by atoms with Crippen LogP contribution in [0.5, 0.6) is 0 Å². The van der Waals surface area contributed by atoms with Crippen LogP contribution in [-0.2, 0) is 6.42 Å². The van der Waals surface area contributed by atoms with Crippen LogP contribution in [0.25, 0.3) is 11.1 Å². The Kier molecular flexibility index (Phi) is 6.07. The van der Waals surface area contributed by atoms with E-state index in [1.807, 2.05) is 12.1 Å². The first kappa shape index (κ1) is 17.2. The van der Waals surface area contributed by atoms with E-state index in [0.717, 1.165) is 17.4 Å². The fraction of sp³-hybridized carbons (Fsp3) is 0.478. The average molecular weight is 324 g/mol. The van der Waals surface area contributed by atoms with Gasteiger partial charge in [0.2, 0.25) is 0 Å². The van der Waals surface area contributed by atoms with E-state index in [0.29, 0.717) is 0 Å². The highest BCUT2D eigenvalue weighted by molar-refractivity contribution is 5.63. The highest BCUT2D eigenvalue weighted by atomic mass is 19.1. The number of benzene rings is 2. The summed E-state index contributed by atoms with van der Waals surface area (Å²) in [5.74, 6) is 1.75.